The second-order valence-corrected chi connectivity index (χ2v) is 5.74. The van der Waals surface area contributed by atoms with Crippen molar-refractivity contribution in [1.29, 1.82) is 0 Å². The number of tetrazole rings is 1. The zero-order chi connectivity index (χ0) is 17.8. The van der Waals surface area contributed by atoms with E-state index in [1.54, 1.807) is 19.3 Å². The lowest BCUT2D eigenvalue weighted by molar-refractivity contribution is 0.131. The van der Waals surface area contributed by atoms with Crippen LogP contribution in [0.15, 0.2) is 52.4 Å². The largest absolute Gasteiger partial charge is 0.391 e. The highest BCUT2D eigenvalue weighted by Crippen LogP contribution is 2.15. The van der Waals surface area contributed by atoms with Gasteiger partial charge in [0.1, 0.15) is 6.61 Å². The molecule has 2 aromatic carbocycles. The maximum atomic E-state index is 12.1. The molecule has 0 aliphatic heterocycles. The van der Waals surface area contributed by atoms with E-state index in [0.29, 0.717) is 12.3 Å². The summed E-state index contributed by atoms with van der Waals surface area (Å²) >= 11 is 0. The Labute approximate surface area is 145 Å². The first kappa shape index (κ1) is 16.6. The molecule has 128 valence electrons. The van der Waals surface area contributed by atoms with Crippen LogP contribution < -0.4 is 5.69 Å². The van der Waals surface area contributed by atoms with Gasteiger partial charge in [-0.2, -0.15) is 9.36 Å². The van der Waals surface area contributed by atoms with E-state index in [1.807, 2.05) is 50.2 Å². The number of oxime groups is 1. The first-order valence-corrected chi connectivity index (χ1v) is 7.87. The monoisotopic (exact) mass is 337 g/mol. The molecule has 3 rings (SSSR count). The van der Waals surface area contributed by atoms with Crippen LogP contribution in [0.2, 0.25) is 0 Å². The van der Waals surface area contributed by atoms with Gasteiger partial charge < -0.3 is 4.84 Å². The van der Waals surface area contributed by atoms with Crippen molar-refractivity contribution in [2.24, 2.45) is 12.2 Å². The number of aromatic nitrogens is 4. The fourth-order valence-corrected chi connectivity index (χ4v) is 2.45. The summed E-state index contributed by atoms with van der Waals surface area (Å²) in [4.78, 5) is 17.5. The second-order valence-electron chi connectivity index (χ2n) is 5.74. The standard InChI is InChI=1S/C18H19N5O2/c1-13-7-4-5-9-15(13)12-25-19-11-16-14(2)8-6-10-17(16)23-18(24)22(3)20-21-23/h4-11H,12H2,1-3H3. The van der Waals surface area contributed by atoms with Gasteiger partial charge in [-0.25, -0.2) is 4.79 Å². The van der Waals surface area contributed by atoms with Gasteiger partial charge in [0.15, 0.2) is 0 Å². The van der Waals surface area contributed by atoms with E-state index in [0.717, 1.165) is 22.3 Å². The quantitative estimate of drug-likeness (QED) is 0.528. The van der Waals surface area contributed by atoms with Gasteiger partial charge in [0.25, 0.3) is 0 Å². The van der Waals surface area contributed by atoms with Gasteiger partial charge in [0, 0.05) is 12.6 Å². The average molecular weight is 337 g/mol. The van der Waals surface area contributed by atoms with Crippen molar-refractivity contribution in [1.82, 2.24) is 19.8 Å². The van der Waals surface area contributed by atoms with E-state index in [9.17, 15) is 4.79 Å². The van der Waals surface area contributed by atoms with Crippen molar-refractivity contribution in [3.63, 3.8) is 0 Å². The smallest absolute Gasteiger partial charge is 0.368 e. The zero-order valence-corrected chi connectivity index (χ0v) is 14.4. The van der Waals surface area contributed by atoms with E-state index in [2.05, 4.69) is 15.6 Å². The minimum atomic E-state index is -0.318. The Morgan fingerprint density at radius 1 is 1.08 bits per heavy atom. The molecule has 0 fully saturated rings. The van der Waals surface area contributed by atoms with Gasteiger partial charge in [-0.15, -0.1) is 0 Å². The Balaban J connectivity index is 1.84. The molecule has 0 aliphatic rings. The predicted octanol–water partition coefficient (Wildman–Crippen LogP) is 2.13. The fourth-order valence-electron chi connectivity index (χ4n) is 2.45. The highest BCUT2D eigenvalue weighted by atomic mass is 16.6. The van der Waals surface area contributed by atoms with Crippen molar-refractivity contribution in [3.05, 3.63) is 75.2 Å². The third-order valence-corrected chi connectivity index (χ3v) is 3.99. The maximum Gasteiger partial charge on any atom is 0.368 e. The third kappa shape index (κ3) is 3.50. The van der Waals surface area contributed by atoms with E-state index in [-0.39, 0.29) is 5.69 Å². The van der Waals surface area contributed by atoms with Crippen molar-refractivity contribution in [2.75, 3.05) is 0 Å². The molecule has 7 nitrogen and oxygen atoms in total. The molecule has 0 atom stereocenters. The molecule has 0 saturated carbocycles. The van der Waals surface area contributed by atoms with Gasteiger partial charge >= 0.3 is 5.69 Å². The normalized spacial score (nSPS) is 11.2. The first-order valence-electron chi connectivity index (χ1n) is 7.87. The van der Waals surface area contributed by atoms with Crippen LogP contribution in [0.4, 0.5) is 0 Å². The Morgan fingerprint density at radius 3 is 2.56 bits per heavy atom. The molecule has 0 bridgehead atoms. The van der Waals surface area contributed by atoms with E-state index >= 15 is 0 Å². The van der Waals surface area contributed by atoms with Crippen LogP contribution in [0.5, 0.6) is 0 Å². The molecule has 25 heavy (non-hydrogen) atoms. The topological polar surface area (TPSA) is 74.3 Å². The summed E-state index contributed by atoms with van der Waals surface area (Å²) in [7, 11) is 1.56. The number of hydrogen-bond acceptors (Lipinski definition) is 5. The lowest BCUT2D eigenvalue weighted by Crippen LogP contribution is -2.23. The molecule has 0 unspecified atom stereocenters. The lowest BCUT2D eigenvalue weighted by atomic mass is 10.1. The summed E-state index contributed by atoms with van der Waals surface area (Å²) in [6.07, 6.45) is 1.60. The molecule has 0 radical (unpaired) electrons. The van der Waals surface area contributed by atoms with Crippen molar-refractivity contribution in [3.8, 4) is 5.69 Å². The number of benzene rings is 2. The van der Waals surface area contributed by atoms with Crippen LogP contribution in [-0.4, -0.2) is 26.0 Å². The molecule has 1 aromatic heterocycles. The summed E-state index contributed by atoms with van der Waals surface area (Å²) in [5, 5.41) is 11.7. The SMILES string of the molecule is Cc1ccccc1CON=Cc1c(C)cccc1-n1nnn(C)c1=O. The summed E-state index contributed by atoms with van der Waals surface area (Å²) in [5.74, 6) is 0. The van der Waals surface area contributed by atoms with Gasteiger partial charge in [0.05, 0.1) is 11.9 Å². The number of rotatable bonds is 5. The van der Waals surface area contributed by atoms with Gasteiger partial charge in [0.2, 0.25) is 0 Å². The Morgan fingerprint density at radius 2 is 1.84 bits per heavy atom. The van der Waals surface area contributed by atoms with Crippen LogP contribution >= 0.6 is 0 Å². The second kappa shape index (κ2) is 7.12. The lowest BCUT2D eigenvalue weighted by Gasteiger charge is -2.07. The number of hydrogen-bond donors (Lipinski definition) is 0. The molecule has 0 spiro atoms. The van der Waals surface area contributed by atoms with E-state index in [1.165, 1.54) is 9.36 Å². The molecule has 3 aromatic rings. The van der Waals surface area contributed by atoms with Crippen LogP contribution in [0, 0.1) is 13.8 Å². The minimum Gasteiger partial charge on any atom is -0.391 e. The third-order valence-electron chi connectivity index (χ3n) is 3.99. The van der Waals surface area contributed by atoms with E-state index in [4.69, 9.17) is 4.84 Å². The van der Waals surface area contributed by atoms with Crippen LogP contribution in [0.1, 0.15) is 22.3 Å². The Hall–Kier alpha value is -3.22. The fraction of sp³-hybridized carbons (Fsp3) is 0.222. The predicted molar refractivity (Wildman–Crippen MR) is 94.9 cm³/mol. The van der Waals surface area contributed by atoms with Crippen molar-refractivity contribution >= 4 is 6.21 Å². The first-order chi connectivity index (χ1) is 12.1. The maximum absolute atomic E-state index is 12.1. The molecule has 0 N–H and O–H groups in total. The number of aryl methyl sites for hydroxylation is 3. The molecule has 1 heterocycles. The summed E-state index contributed by atoms with van der Waals surface area (Å²) in [6.45, 7) is 4.35. The molecule has 0 saturated heterocycles. The average Bonchev–Trinajstić information content (AvgIpc) is 2.93. The summed E-state index contributed by atoms with van der Waals surface area (Å²) in [6, 6.07) is 13.6. The van der Waals surface area contributed by atoms with Crippen molar-refractivity contribution < 1.29 is 4.84 Å². The van der Waals surface area contributed by atoms with Crippen molar-refractivity contribution in [2.45, 2.75) is 20.5 Å². The zero-order valence-electron chi connectivity index (χ0n) is 14.4. The highest BCUT2D eigenvalue weighted by Gasteiger charge is 2.11. The van der Waals surface area contributed by atoms with Gasteiger partial charge in [-0.1, -0.05) is 41.6 Å². The molecule has 0 amide bonds. The van der Waals surface area contributed by atoms with Crippen LogP contribution in [-0.2, 0) is 18.5 Å². The van der Waals surface area contributed by atoms with Crippen LogP contribution in [0.3, 0.4) is 0 Å². The molecule has 0 aliphatic carbocycles. The minimum absolute atomic E-state index is 0.318. The van der Waals surface area contributed by atoms with Crippen LogP contribution in [0.25, 0.3) is 5.69 Å². The molecule has 7 heteroatoms. The van der Waals surface area contributed by atoms with Gasteiger partial charge in [-0.3, -0.25) is 0 Å². The molecular formula is C18H19N5O2. The summed E-state index contributed by atoms with van der Waals surface area (Å²) in [5.41, 5.74) is 4.24. The summed E-state index contributed by atoms with van der Waals surface area (Å²) < 4.78 is 2.42. The highest BCUT2D eigenvalue weighted by molar-refractivity contribution is 5.86. The Kier molecular flexibility index (Phi) is 4.74. The Bertz CT molecular complexity index is 972. The van der Waals surface area contributed by atoms with E-state index < -0.39 is 0 Å². The van der Waals surface area contributed by atoms with Gasteiger partial charge in [-0.05, 0) is 47.0 Å². The number of nitrogens with zero attached hydrogens (tertiary/aromatic N) is 5. The molecular weight excluding hydrogens is 318 g/mol.